The molecule has 148 valence electrons. The third-order valence-electron chi connectivity index (χ3n) is 3.78. The number of aryl methyl sites for hydroxylation is 2. The van der Waals surface area contributed by atoms with Crippen molar-refractivity contribution in [2.45, 2.75) is 20.5 Å². The molecule has 0 bridgehead atoms. The average Bonchev–Trinajstić information content (AvgIpc) is 2.64. The molecule has 2 amide bonds. The molecule has 0 fully saturated rings. The minimum atomic E-state index is -3.05. The number of rotatable bonds is 6. The molecule has 0 saturated heterocycles. The summed E-state index contributed by atoms with van der Waals surface area (Å²) in [4.78, 5) is 24.1. The van der Waals surface area contributed by atoms with Gasteiger partial charge in [-0.3, -0.25) is 20.4 Å². The van der Waals surface area contributed by atoms with Crippen LogP contribution in [0.1, 0.15) is 27.0 Å². The Bertz CT molecular complexity index is 898. The quantitative estimate of drug-likeness (QED) is 0.586. The Balaban J connectivity index is 2.05. The van der Waals surface area contributed by atoms with E-state index in [1.165, 1.54) is 25.3 Å². The predicted molar refractivity (Wildman–Crippen MR) is 100 cm³/mol. The van der Waals surface area contributed by atoms with Crippen LogP contribution in [0.25, 0.3) is 6.08 Å². The fraction of sp³-hybridized carbons (Fsp3) is 0.200. The smallest absolute Gasteiger partial charge is 0.387 e. The molecule has 8 heteroatoms. The highest BCUT2D eigenvalue weighted by molar-refractivity contribution is 5.98. The summed E-state index contributed by atoms with van der Waals surface area (Å²) in [6, 6.07) is 9.81. The van der Waals surface area contributed by atoms with Crippen LogP contribution in [-0.2, 0) is 4.79 Å². The molecule has 0 radical (unpaired) electrons. The zero-order valence-corrected chi connectivity index (χ0v) is 15.6. The van der Waals surface area contributed by atoms with Gasteiger partial charge in [0.2, 0.25) is 0 Å². The summed E-state index contributed by atoms with van der Waals surface area (Å²) in [6.45, 7) is 0.650. The Morgan fingerprint density at radius 3 is 2.50 bits per heavy atom. The van der Waals surface area contributed by atoms with Gasteiger partial charge in [0.25, 0.3) is 11.8 Å². The Kier molecular flexibility index (Phi) is 7.08. The first kappa shape index (κ1) is 20.9. The number of alkyl halides is 2. The summed E-state index contributed by atoms with van der Waals surface area (Å²) in [5.41, 5.74) is 6.97. The van der Waals surface area contributed by atoms with E-state index in [-0.39, 0.29) is 17.1 Å². The molecule has 0 aliphatic rings. The van der Waals surface area contributed by atoms with Gasteiger partial charge in [-0.15, -0.1) is 0 Å². The van der Waals surface area contributed by atoms with Crippen molar-refractivity contribution in [3.05, 3.63) is 64.7 Å². The zero-order chi connectivity index (χ0) is 20.7. The lowest BCUT2D eigenvalue weighted by Crippen LogP contribution is -2.41. The number of methoxy groups -OCH3 is 1. The maximum atomic E-state index is 12.6. The summed E-state index contributed by atoms with van der Waals surface area (Å²) in [5.74, 6) is -1.21. The molecule has 2 rings (SSSR count). The van der Waals surface area contributed by atoms with Crippen molar-refractivity contribution in [1.82, 2.24) is 10.9 Å². The molecule has 6 nitrogen and oxygen atoms in total. The molecule has 2 aromatic rings. The Labute approximate surface area is 161 Å². The molecule has 28 heavy (non-hydrogen) atoms. The van der Waals surface area contributed by atoms with E-state index in [4.69, 9.17) is 4.74 Å². The number of carbonyl (C=O) groups excluding carboxylic acids is 2. The minimum absolute atomic E-state index is 0.103. The first-order valence-electron chi connectivity index (χ1n) is 8.29. The Hall–Kier alpha value is -3.42. The van der Waals surface area contributed by atoms with Crippen molar-refractivity contribution >= 4 is 17.9 Å². The van der Waals surface area contributed by atoms with Gasteiger partial charge in [0.05, 0.1) is 7.11 Å². The van der Waals surface area contributed by atoms with E-state index in [1.807, 2.05) is 13.0 Å². The number of hydrazine groups is 1. The van der Waals surface area contributed by atoms with E-state index in [9.17, 15) is 18.4 Å². The second-order valence-corrected chi connectivity index (χ2v) is 5.85. The number of hydrogen-bond acceptors (Lipinski definition) is 4. The monoisotopic (exact) mass is 390 g/mol. The topological polar surface area (TPSA) is 76.7 Å². The fourth-order valence-corrected chi connectivity index (χ4v) is 2.50. The number of ether oxygens (including phenoxy) is 2. The van der Waals surface area contributed by atoms with E-state index in [0.29, 0.717) is 5.56 Å². The first-order valence-corrected chi connectivity index (χ1v) is 8.29. The highest BCUT2D eigenvalue weighted by Crippen LogP contribution is 2.33. The van der Waals surface area contributed by atoms with Crippen LogP contribution >= 0.6 is 0 Å². The van der Waals surface area contributed by atoms with Crippen LogP contribution in [0.5, 0.6) is 11.5 Å². The van der Waals surface area contributed by atoms with Gasteiger partial charge in [0.1, 0.15) is 0 Å². The third kappa shape index (κ3) is 5.54. The second kappa shape index (κ2) is 9.50. The van der Waals surface area contributed by atoms with Crippen molar-refractivity contribution in [2.75, 3.05) is 7.11 Å². The lowest BCUT2D eigenvalue weighted by Gasteiger charge is -2.12. The van der Waals surface area contributed by atoms with Gasteiger partial charge < -0.3 is 9.47 Å². The molecule has 2 N–H and O–H groups in total. The molecule has 0 heterocycles. The number of para-hydroxylation sites is 1. The number of hydrogen-bond donors (Lipinski definition) is 2. The molecule has 0 atom stereocenters. The Morgan fingerprint density at radius 1 is 1.11 bits per heavy atom. The van der Waals surface area contributed by atoms with Crippen LogP contribution in [0.3, 0.4) is 0 Å². The third-order valence-corrected chi connectivity index (χ3v) is 3.78. The molecule has 2 aromatic carbocycles. The molecule has 0 aliphatic heterocycles. The maximum absolute atomic E-state index is 12.6. The summed E-state index contributed by atoms with van der Waals surface area (Å²) >= 11 is 0. The largest absolute Gasteiger partial charge is 0.493 e. The van der Waals surface area contributed by atoms with Gasteiger partial charge >= 0.3 is 6.61 Å². The van der Waals surface area contributed by atoms with Crippen molar-refractivity contribution in [3.8, 4) is 11.5 Å². The maximum Gasteiger partial charge on any atom is 0.387 e. The number of carbonyl (C=O) groups is 2. The molecular weight excluding hydrogens is 370 g/mol. The summed E-state index contributed by atoms with van der Waals surface area (Å²) in [6.07, 6.45) is 2.36. The predicted octanol–water partition coefficient (Wildman–Crippen LogP) is 3.39. The van der Waals surface area contributed by atoms with Crippen molar-refractivity contribution in [1.29, 1.82) is 0 Å². The molecule has 0 spiro atoms. The molecular formula is C20H20F2N2O4. The number of halogens is 2. The first-order chi connectivity index (χ1) is 13.3. The van der Waals surface area contributed by atoms with Crippen molar-refractivity contribution in [2.24, 2.45) is 0 Å². The van der Waals surface area contributed by atoms with Gasteiger partial charge in [0.15, 0.2) is 11.5 Å². The van der Waals surface area contributed by atoms with Crippen LogP contribution in [-0.4, -0.2) is 25.5 Å². The average molecular weight is 390 g/mol. The molecule has 0 unspecified atom stereocenters. The van der Waals surface area contributed by atoms with E-state index >= 15 is 0 Å². The highest BCUT2D eigenvalue weighted by atomic mass is 19.3. The normalized spacial score (nSPS) is 10.8. The van der Waals surface area contributed by atoms with Crippen LogP contribution in [0.4, 0.5) is 8.78 Å². The highest BCUT2D eigenvalue weighted by Gasteiger charge is 2.14. The number of benzene rings is 2. The van der Waals surface area contributed by atoms with Crippen LogP contribution in [0.2, 0.25) is 0 Å². The van der Waals surface area contributed by atoms with Crippen LogP contribution in [0, 0.1) is 13.8 Å². The zero-order valence-electron chi connectivity index (χ0n) is 15.6. The standard InChI is InChI=1S/C20H20F2N2O4/c1-12-7-9-15(13(2)11-12)19(26)24-23-17(25)10-8-14-5-4-6-16(27-3)18(14)28-20(21)22/h4-11,20H,1-3H3,(H,23,25)(H,24,26)/b10-8+. The number of nitrogens with one attached hydrogen (secondary N) is 2. The van der Waals surface area contributed by atoms with Gasteiger partial charge in [-0.1, -0.05) is 29.8 Å². The van der Waals surface area contributed by atoms with Gasteiger partial charge in [-0.05, 0) is 37.6 Å². The van der Waals surface area contributed by atoms with Gasteiger partial charge in [-0.2, -0.15) is 8.78 Å². The van der Waals surface area contributed by atoms with Gasteiger partial charge in [-0.25, -0.2) is 0 Å². The SMILES string of the molecule is COc1cccc(/C=C/C(=O)NNC(=O)c2ccc(C)cc2C)c1OC(F)F. The molecule has 0 aliphatic carbocycles. The summed E-state index contributed by atoms with van der Waals surface area (Å²) in [7, 11) is 1.32. The lowest BCUT2D eigenvalue weighted by molar-refractivity contribution is -0.117. The van der Waals surface area contributed by atoms with E-state index in [0.717, 1.165) is 17.2 Å². The Morgan fingerprint density at radius 2 is 1.86 bits per heavy atom. The number of amides is 2. The van der Waals surface area contributed by atoms with Gasteiger partial charge in [0, 0.05) is 17.2 Å². The molecule has 0 aromatic heterocycles. The summed E-state index contributed by atoms with van der Waals surface area (Å²) in [5, 5.41) is 0. The summed E-state index contributed by atoms with van der Waals surface area (Å²) < 4.78 is 34.7. The van der Waals surface area contributed by atoms with Crippen molar-refractivity contribution < 1.29 is 27.8 Å². The van der Waals surface area contributed by atoms with Crippen molar-refractivity contribution in [3.63, 3.8) is 0 Å². The second-order valence-electron chi connectivity index (χ2n) is 5.85. The minimum Gasteiger partial charge on any atom is -0.493 e. The van der Waals surface area contributed by atoms with E-state index < -0.39 is 18.4 Å². The van der Waals surface area contributed by atoms with Crippen LogP contribution < -0.4 is 20.3 Å². The lowest BCUT2D eigenvalue weighted by atomic mass is 10.1. The van der Waals surface area contributed by atoms with E-state index in [2.05, 4.69) is 15.6 Å². The van der Waals surface area contributed by atoms with E-state index in [1.54, 1.807) is 25.1 Å². The fourth-order valence-electron chi connectivity index (χ4n) is 2.50. The van der Waals surface area contributed by atoms with Crippen LogP contribution in [0.15, 0.2) is 42.5 Å². The molecule has 0 saturated carbocycles.